The molecule has 0 aromatic carbocycles. The average Bonchev–Trinajstić information content (AvgIpc) is 2.49. The Bertz CT molecular complexity index is 398. The third-order valence-corrected chi connectivity index (χ3v) is 2.86. The zero-order valence-corrected chi connectivity index (χ0v) is 10.2. The molecule has 0 saturated carbocycles. The number of hydrogen-bond acceptors (Lipinski definition) is 3. The number of aliphatic imine (C=N–C) groups is 1. The van der Waals surface area contributed by atoms with Gasteiger partial charge < -0.3 is 9.64 Å². The van der Waals surface area contributed by atoms with E-state index in [-0.39, 0.29) is 0 Å². The van der Waals surface area contributed by atoms with Crippen LogP contribution in [0.2, 0.25) is 0 Å². The molecular weight excluding hydrogens is 200 g/mol. The second kappa shape index (κ2) is 4.58. The summed E-state index contributed by atoms with van der Waals surface area (Å²) in [5, 5.41) is 0. The second-order valence-corrected chi connectivity index (χ2v) is 4.28. The average molecular weight is 218 g/mol. The summed E-state index contributed by atoms with van der Waals surface area (Å²) in [6, 6.07) is 0.481. The molecule has 0 unspecified atom stereocenters. The first kappa shape index (κ1) is 11.0. The number of allylic oxidation sites excluding steroid dienone is 2. The first-order chi connectivity index (χ1) is 7.72. The van der Waals surface area contributed by atoms with Crippen LogP contribution in [0.25, 0.3) is 0 Å². The van der Waals surface area contributed by atoms with E-state index >= 15 is 0 Å². The molecule has 0 N–H and O–H groups in total. The first-order valence-electron chi connectivity index (χ1n) is 5.85. The number of fused-ring (bicyclic) bond motifs is 1. The summed E-state index contributed by atoms with van der Waals surface area (Å²) in [6.45, 7) is 8.19. The Morgan fingerprint density at radius 3 is 3.06 bits per heavy atom. The van der Waals surface area contributed by atoms with Crippen molar-refractivity contribution in [1.29, 1.82) is 0 Å². The fourth-order valence-corrected chi connectivity index (χ4v) is 1.94. The molecule has 1 saturated heterocycles. The zero-order chi connectivity index (χ0) is 11.5. The molecular formula is C13H18N2O. The summed E-state index contributed by atoms with van der Waals surface area (Å²) in [5.74, 6) is 3.90. The molecule has 3 nitrogen and oxygen atoms in total. The molecule has 0 spiro atoms. The Morgan fingerprint density at radius 2 is 2.38 bits per heavy atom. The zero-order valence-electron chi connectivity index (χ0n) is 10.2. The standard InChI is InChI=1S/C13H18N2O/c1-4-11-7-12-13(9-14-8-11)16-6-5-15(12)10(2)3/h7,9-10H,4-6H2,1-3H3. The Kier molecular flexibility index (Phi) is 3.16. The molecule has 1 fully saturated rings. The highest BCUT2D eigenvalue weighted by Crippen LogP contribution is 2.26. The van der Waals surface area contributed by atoms with Crippen LogP contribution in [0, 0.1) is 0 Å². The smallest absolute Gasteiger partial charge is 0.161 e. The van der Waals surface area contributed by atoms with Crippen LogP contribution in [0.1, 0.15) is 27.2 Å². The van der Waals surface area contributed by atoms with E-state index in [9.17, 15) is 0 Å². The Hall–Kier alpha value is -1.47. The van der Waals surface area contributed by atoms with Crippen molar-refractivity contribution in [3.05, 3.63) is 29.3 Å². The minimum absolute atomic E-state index is 0.481. The molecule has 0 amide bonds. The van der Waals surface area contributed by atoms with Gasteiger partial charge in [0.2, 0.25) is 0 Å². The van der Waals surface area contributed by atoms with Gasteiger partial charge in [-0.3, -0.25) is 0 Å². The minimum atomic E-state index is 0.481. The van der Waals surface area contributed by atoms with Crippen LogP contribution < -0.4 is 0 Å². The number of rotatable bonds is 2. The molecule has 86 valence electrons. The van der Waals surface area contributed by atoms with Crippen molar-refractivity contribution in [1.82, 2.24) is 4.90 Å². The summed E-state index contributed by atoms with van der Waals surface area (Å²) < 4.78 is 5.64. The molecule has 2 rings (SSSR count). The van der Waals surface area contributed by atoms with Crippen LogP contribution in [0.15, 0.2) is 34.3 Å². The van der Waals surface area contributed by atoms with Crippen molar-refractivity contribution in [2.24, 2.45) is 4.99 Å². The third-order valence-electron chi connectivity index (χ3n) is 2.86. The monoisotopic (exact) mass is 218 g/mol. The normalized spacial score (nSPS) is 19.5. The van der Waals surface area contributed by atoms with Gasteiger partial charge in [0.25, 0.3) is 0 Å². The van der Waals surface area contributed by atoms with Gasteiger partial charge in [-0.1, -0.05) is 6.92 Å². The third kappa shape index (κ3) is 2.05. The second-order valence-electron chi connectivity index (χ2n) is 4.28. The fraction of sp³-hybridized carbons (Fsp3) is 0.538. The molecule has 0 aliphatic carbocycles. The fourth-order valence-electron chi connectivity index (χ4n) is 1.94. The van der Waals surface area contributed by atoms with E-state index in [1.807, 2.05) is 0 Å². The summed E-state index contributed by atoms with van der Waals surface area (Å²) in [6.07, 6.45) is 4.85. The highest BCUT2D eigenvalue weighted by atomic mass is 16.5. The molecule has 2 aliphatic heterocycles. The predicted octanol–water partition coefficient (Wildman–Crippen LogP) is 2.47. The lowest BCUT2D eigenvalue weighted by Crippen LogP contribution is -2.38. The maximum atomic E-state index is 5.64. The van der Waals surface area contributed by atoms with E-state index in [1.165, 1.54) is 0 Å². The quantitative estimate of drug-likeness (QED) is 0.711. The lowest BCUT2D eigenvalue weighted by molar-refractivity contribution is 0.111. The van der Waals surface area contributed by atoms with Gasteiger partial charge in [0.05, 0.1) is 18.4 Å². The van der Waals surface area contributed by atoms with Crippen molar-refractivity contribution in [2.75, 3.05) is 13.2 Å². The minimum Gasteiger partial charge on any atom is -0.488 e. The van der Waals surface area contributed by atoms with Crippen molar-refractivity contribution < 1.29 is 4.74 Å². The Balaban J connectivity index is 2.37. The molecule has 0 aromatic heterocycles. The molecule has 2 heterocycles. The van der Waals surface area contributed by atoms with Gasteiger partial charge in [-0.2, -0.15) is 0 Å². The van der Waals surface area contributed by atoms with Crippen LogP contribution in [-0.4, -0.2) is 30.0 Å². The number of morpholine rings is 1. The van der Waals surface area contributed by atoms with Crippen LogP contribution in [0.3, 0.4) is 0 Å². The van der Waals surface area contributed by atoms with Crippen LogP contribution in [-0.2, 0) is 4.74 Å². The van der Waals surface area contributed by atoms with E-state index in [0.717, 1.165) is 36.6 Å². The summed E-state index contributed by atoms with van der Waals surface area (Å²) in [4.78, 5) is 6.50. The molecule has 0 aromatic rings. The van der Waals surface area contributed by atoms with E-state index in [1.54, 1.807) is 6.20 Å². The van der Waals surface area contributed by atoms with Gasteiger partial charge >= 0.3 is 0 Å². The molecule has 3 heteroatoms. The molecule has 0 atom stereocenters. The number of nitrogens with zero attached hydrogens (tertiary/aromatic N) is 2. The highest BCUT2D eigenvalue weighted by Gasteiger charge is 2.23. The van der Waals surface area contributed by atoms with Crippen LogP contribution in [0.5, 0.6) is 0 Å². The van der Waals surface area contributed by atoms with E-state index < -0.39 is 0 Å². The van der Waals surface area contributed by atoms with Gasteiger partial charge in [0.15, 0.2) is 5.76 Å². The van der Waals surface area contributed by atoms with Crippen molar-refractivity contribution in [2.45, 2.75) is 33.2 Å². The maximum absolute atomic E-state index is 5.64. The van der Waals surface area contributed by atoms with Crippen molar-refractivity contribution in [3.63, 3.8) is 0 Å². The van der Waals surface area contributed by atoms with Gasteiger partial charge in [0.1, 0.15) is 6.61 Å². The van der Waals surface area contributed by atoms with E-state index in [4.69, 9.17) is 4.74 Å². The van der Waals surface area contributed by atoms with E-state index in [0.29, 0.717) is 6.04 Å². The van der Waals surface area contributed by atoms with Crippen LogP contribution in [0.4, 0.5) is 0 Å². The summed E-state index contributed by atoms with van der Waals surface area (Å²) >= 11 is 0. The largest absolute Gasteiger partial charge is 0.488 e. The van der Waals surface area contributed by atoms with Gasteiger partial charge in [-0.15, -0.1) is 0 Å². The van der Waals surface area contributed by atoms with Crippen molar-refractivity contribution in [3.8, 4) is 0 Å². The van der Waals surface area contributed by atoms with Crippen molar-refractivity contribution >= 4 is 5.87 Å². The molecule has 0 radical (unpaired) electrons. The molecule has 2 aliphatic rings. The van der Waals surface area contributed by atoms with Crippen LogP contribution >= 0.6 is 0 Å². The topological polar surface area (TPSA) is 24.8 Å². The number of ether oxygens (including phenoxy) is 1. The maximum Gasteiger partial charge on any atom is 0.161 e. The summed E-state index contributed by atoms with van der Waals surface area (Å²) in [5.41, 5.74) is 2.27. The summed E-state index contributed by atoms with van der Waals surface area (Å²) in [7, 11) is 0. The molecule has 0 bridgehead atoms. The lowest BCUT2D eigenvalue weighted by Gasteiger charge is -2.36. The first-order valence-corrected chi connectivity index (χ1v) is 5.85. The van der Waals surface area contributed by atoms with Gasteiger partial charge in [0, 0.05) is 11.6 Å². The van der Waals surface area contributed by atoms with Gasteiger partial charge in [-0.25, -0.2) is 4.99 Å². The number of hydrogen-bond donors (Lipinski definition) is 0. The van der Waals surface area contributed by atoms with Gasteiger partial charge in [-0.05, 0) is 32.2 Å². The predicted molar refractivity (Wildman–Crippen MR) is 65.2 cm³/mol. The lowest BCUT2D eigenvalue weighted by atomic mass is 10.1. The SMILES string of the molecule is CCC1=C=NC=C2OCCN(C(C)C)C2=C1. The highest BCUT2D eigenvalue weighted by molar-refractivity contribution is 5.65. The molecule has 16 heavy (non-hydrogen) atoms. The Labute approximate surface area is 96.8 Å². The Morgan fingerprint density at radius 1 is 1.56 bits per heavy atom. The van der Waals surface area contributed by atoms with E-state index in [2.05, 4.69) is 42.6 Å².